The molecule has 1 atom stereocenters. The van der Waals surface area contributed by atoms with Crippen molar-refractivity contribution in [1.29, 1.82) is 0 Å². The number of likely N-dealkylation sites (N-methyl/N-ethyl adjacent to an activating group) is 2. The fourth-order valence-corrected chi connectivity index (χ4v) is 8.86. The first kappa shape index (κ1) is 46.5. The monoisotopic (exact) mass is 888 g/mol. The number of hydrogen-bond donors (Lipinski definition) is 2. The molecule has 2 aliphatic rings. The number of aromatic nitrogens is 1. The van der Waals surface area contributed by atoms with Crippen molar-refractivity contribution in [2.45, 2.75) is 115 Å². The van der Waals surface area contributed by atoms with Crippen LogP contribution in [-0.4, -0.2) is 91.0 Å². The number of carbonyl (C=O) groups is 4. The molecule has 1 aliphatic heterocycles. The molecule has 17 heteroatoms. The minimum Gasteiger partial charge on any atom is -0.493 e. The predicted molar refractivity (Wildman–Crippen MR) is 238 cm³/mol. The van der Waals surface area contributed by atoms with Crippen LogP contribution in [-0.2, 0) is 37.1 Å². The SMILES string of the molecule is CCCCOc1ccc2cc1CCN(C)C(=O)Nc1ccc(S(=O)(=O)C3CC3)c(c1)CN(C)C(=O)C2Nc1ccc2c(N(C(=O)OC(C)(C)C)C(=O)OC(C)(C)C)ncc(F)c2c1. The third-order valence-electron chi connectivity index (χ3n) is 10.3. The van der Waals surface area contributed by atoms with E-state index >= 15 is 4.39 Å². The van der Waals surface area contributed by atoms with Gasteiger partial charge in [0.1, 0.15) is 28.8 Å². The summed E-state index contributed by atoms with van der Waals surface area (Å²) < 4.78 is 60.5. The van der Waals surface area contributed by atoms with E-state index in [0.29, 0.717) is 59.0 Å². The summed E-state index contributed by atoms with van der Waals surface area (Å²) in [5, 5.41) is 5.69. The molecule has 63 heavy (non-hydrogen) atoms. The van der Waals surface area contributed by atoms with Gasteiger partial charge in [-0.1, -0.05) is 19.4 Å². The lowest BCUT2D eigenvalue weighted by molar-refractivity contribution is -0.131. The van der Waals surface area contributed by atoms with E-state index in [0.717, 1.165) is 24.6 Å². The van der Waals surface area contributed by atoms with Crippen molar-refractivity contribution in [3.8, 4) is 5.75 Å². The highest BCUT2D eigenvalue weighted by atomic mass is 32.2. The fourth-order valence-electron chi connectivity index (χ4n) is 7.00. The summed E-state index contributed by atoms with van der Waals surface area (Å²) in [6, 6.07) is 13.0. The number of nitrogens with zero attached hydrogens (tertiary/aromatic N) is 4. The summed E-state index contributed by atoms with van der Waals surface area (Å²) in [5.41, 5.74) is 0.244. The molecule has 4 bridgehead atoms. The molecule has 1 aliphatic carbocycles. The Balaban J connectivity index is 1.46. The number of sulfone groups is 1. The van der Waals surface area contributed by atoms with E-state index in [1.807, 2.05) is 6.07 Å². The van der Waals surface area contributed by atoms with Crippen LogP contribution in [0.15, 0.2) is 65.7 Å². The highest BCUT2D eigenvalue weighted by Gasteiger charge is 2.39. The van der Waals surface area contributed by atoms with E-state index in [4.69, 9.17) is 14.2 Å². The van der Waals surface area contributed by atoms with Crippen molar-refractivity contribution in [3.63, 3.8) is 0 Å². The minimum atomic E-state index is -3.72. The van der Waals surface area contributed by atoms with E-state index in [2.05, 4.69) is 22.5 Å². The number of unbranched alkanes of at least 4 members (excludes halogenated alkanes) is 1. The van der Waals surface area contributed by atoms with Crippen molar-refractivity contribution in [1.82, 2.24) is 14.8 Å². The van der Waals surface area contributed by atoms with Gasteiger partial charge in [-0.25, -0.2) is 32.2 Å². The molecule has 0 spiro atoms. The van der Waals surface area contributed by atoms with Gasteiger partial charge in [0.2, 0.25) is 5.91 Å². The smallest absolute Gasteiger partial charge is 0.425 e. The van der Waals surface area contributed by atoms with E-state index in [-0.39, 0.29) is 34.6 Å². The first-order valence-electron chi connectivity index (χ1n) is 21.1. The maximum absolute atomic E-state index is 15.9. The Hall–Kier alpha value is -5.97. The highest BCUT2D eigenvalue weighted by Crippen LogP contribution is 2.38. The van der Waals surface area contributed by atoms with Crippen LogP contribution < -0.4 is 20.3 Å². The van der Waals surface area contributed by atoms with Crippen LogP contribution in [0.25, 0.3) is 10.8 Å². The molecule has 3 aromatic carbocycles. The van der Waals surface area contributed by atoms with Gasteiger partial charge in [-0.3, -0.25) is 4.79 Å². The van der Waals surface area contributed by atoms with Gasteiger partial charge >= 0.3 is 18.2 Å². The Bertz CT molecular complexity index is 2490. The summed E-state index contributed by atoms with van der Waals surface area (Å²) in [4.78, 5) is 63.2. The lowest BCUT2D eigenvalue weighted by atomic mass is 9.99. The van der Waals surface area contributed by atoms with Crippen molar-refractivity contribution >= 4 is 61.9 Å². The predicted octanol–water partition coefficient (Wildman–Crippen LogP) is 9.00. The van der Waals surface area contributed by atoms with Crippen molar-refractivity contribution in [3.05, 3.63) is 83.3 Å². The van der Waals surface area contributed by atoms with Crippen LogP contribution in [0.2, 0.25) is 0 Å². The number of carbonyl (C=O) groups excluding carboxylic acids is 4. The maximum atomic E-state index is 15.9. The topological polar surface area (TPSA) is 177 Å². The van der Waals surface area contributed by atoms with Gasteiger partial charge in [-0.05, 0) is 132 Å². The van der Waals surface area contributed by atoms with Gasteiger partial charge in [0.25, 0.3) is 0 Å². The largest absolute Gasteiger partial charge is 0.493 e. The summed E-state index contributed by atoms with van der Waals surface area (Å²) in [6.07, 6.45) is 1.90. The number of imide groups is 1. The van der Waals surface area contributed by atoms with Gasteiger partial charge in [0.05, 0.1) is 22.9 Å². The number of amides is 5. The molecule has 0 radical (unpaired) electrons. The van der Waals surface area contributed by atoms with Gasteiger partial charge in [0, 0.05) is 49.3 Å². The third-order valence-corrected chi connectivity index (χ3v) is 12.7. The number of pyridine rings is 1. The van der Waals surface area contributed by atoms with Crippen molar-refractivity contribution in [2.75, 3.05) is 42.8 Å². The molecule has 1 aromatic heterocycles. The zero-order valence-electron chi connectivity index (χ0n) is 37.3. The van der Waals surface area contributed by atoms with E-state index in [1.54, 1.807) is 86.0 Å². The molecule has 1 unspecified atom stereocenters. The first-order chi connectivity index (χ1) is 29.6. The number of anilines is 3. The number of ether oxygens (including phenoxy) is 3. The number of rotatable bonds is 9. The van der Waals surface area contributed by atoms with Crippen LogP contribution in [0.3, 0.4) is 0 Å². The van der Waals surface area contributed by atoms with Crippen LogP contribution in [0, 0.1) is 5.82 Å². The van der Waals surface area contributed by atoms with E-state index in [1.165, 1.54) is 28.0 Å². The lowest BCUT2D eigenvalue weighted by Crippen LogP contribution is -2.44. The number of halogens is 1. The Labute approximate surface area is 368 Å². The molecule has 2 N–H and O–H groups in total. The molecule has 6 rings (SSSR count). The molecular weight excluding hydrogens is 832 g/mol. The molecule has 338 valence electrons. The molecule has 0 saturated heterocycles. The Morgan fingerprint density at radius 2 is 1.59 bits per heavy atom. The highest BCUT2D eigenvalue weighted by molar-refractivity contribution is 7.92. The van der Waals surface area contributed by atoms with Crippen molar-refractivity contribution in [2.24, 2.45) is 0 Å². The number of urea groups is 1. The quantitative estimate of drug-likeness (QED) is 0.153. The molecule has 15 nitrogen and oxygen atoms in total. The zero-order chi connectivity index (χ0) is 46.0. The van der Waals surface area contributed by atoms with E-state index < -0.39 is 62.3 Å². The first-order valence-corrected chi connectivity index (χ1v) is 22.6. The van der Waals surface area contributed by atoms with E-state index in [9.17, 15) is 27.6 Å². The number of fused-ring (bicyclic) bond motifs is 5. The summed E-state index contributed by atoms with van der Waals surface area (Å²) in [7, 11) is -0.501. The van der Waals surface area contributed by atoms with Crippen LogP contribution in [0.5, 0.6) is 5.75 Å². The van der Waals surface area contributed by atoms with Crippen LogP contribution >= 0.6 is 0 Å². The second-order valence-corrected chi connectivity index (χ2v) is 20.2. The Kier molecular flexibility index (Phi) is 13.6. The van der Waals surface area contributed by atoms with Crippen LogP contribution in [0.4, 0.5) is 36.0 Å². The molecule has 2 heterocycles. The maximum Gasteiger partial charge on any atom is 0.425 e. The minimum absolute atomic E-state index is 0.0348. The average molecular weight is 889 g/mol. The second kappa shape index (κ2) is 18.4. The van der Waals surface area contributed by atoms with Gasteiger partial charge in [0.15, 0.2) is 15.7 Å². The Morgan fingerprint density at radius 1 is 0.905 bits per heavy atom. The lowest BCUT2D eigenvalue weighted by Gasteiger charge is -2.29. The summed E-state index contributed by atoms with van der Waals surface area (Å²) in [6.45, 7) is 12.5. The number of hydrogen-bond acceptors (Lipinski definition) is 11. The molecular formula is C46H57FN6O9S. The summed E-state index contributed by atoms with van der Waals surface area (Å²) in [5.74, 6) is -0.858. The van der Waals surface area contributed by atoms with Gasteiger partial charge in [-0.15, -0.1) is 0 Å². The fraction of sp³-hybridized carbons (Fsp3) is 0.457. The number of nitrogens with one attached hydrogen (secondary N) is 2. The average Bonchev–Trinajstić information content (AvgIpc) is 4.06. The number of benzene rings is 3. The zero-order valence-corrected chi connectivity index (χ0v) is 38.2. The second-order valence-electron chi connectivity index (χ2n) is 18.0. The van der Waals surface area contributed by atoms with Gasteiger partial charge < -0.3 is 34.6 Å². The van der Waals surface area contributed by atoms with Gasteiger partial charge in [-0.2, -0.15) is 4.90 Å². The molecule has 1 fully saturated rings. The molecule has 5 amide bonds. The normalized spacial score (nSPS) is 16.4. The van der Waals surface area contributed by atoms with Crippen molar-refractivity contribution < 1.29 is 46.2 Å². The third kappa shape index (κ3) is 11.2. The molecule has 1 saturated carbocycles. The van der Waals surface area contributed by atoms with Crippen LogP contribution in [0.1, 0.15) is 96.9 Å². The standard InChI is InChI=1S/C46H57FN6O9S/c1-10-11-22-60-37-18-12-29-23-28(37)20-21-51(8)42(55)50-31-14-19-38(63(58,59)33-15-16-33)30(24-31)27-52(9)41(54)39(29)49-32-13-17-34-35(25-32)36(47)26-48-40(34)53(43(56)61-45(2,3)4)44(57)62-46(5,6)7/h12-14,17-19,23-26,33,39,49H,10-11,15-16,20-22,27H2,1-9H3,(H,50,55). The molecule has 4 aromatic rings. The Morgan fingerprint density at radius 3 is 2.22 bits per heavy atom. The summed E-state index contributed by atoms with van der Waals surface area (Å²) >= 11 is 0.